The maximum atomic E-state index is 13.1. The van der Waals surface area contributed by atoms with Gasteiger partial charge >= 0.3 is 0 Å². The van der Waals surface area contributed by atoms with Crippen LogP contribution in [0.3, 0.4) is 0 Å². The third kappa shape index (κ3) is 2.35. The summed E-state index contributed by atoms with van der Waals surface area (Å²) in [6, 6.07) is 13.0. The Bertz CT molecular complexity index is 738. The van der Waals surface area contributed by atoms with Crippen LogP contribution in [0.5, 0.6) is 0 Å². The highest BCUT2D eigenvalue weighted by molar-refractivity contribution is 6.30. The zero-order chi connectivity index (χ0) is 13.4. The van der Waals surface area contributed by atoms with Crippen LogP contribution in [0, 0.1) is 5.82 Å². The summed E-state index contributed by atoms with van der Waals surface area (Å²) in [5.41, 5.74) is 7.61. The Kier molecular flexibility index (Phi) is 3.01. The fourth-order valence-corrected chi connectivity index (χ4v) is 2.25. The molecule has 3 aromatic rings. The highest BCUT2D eigenvalue weighted by Gasteiger charge is 2.14. The third-order valence-corrected chi connectivity index (χ3v) is 3.25. The lowest BCUT2D eigenvalue weighted by molar-refractivity contribution is 0.524. The smallest absolute Gasteiger partial charge is 0.134 e. The van der Waals surface area contributed by atoms with Crippen LogP contribution >= 0.6 is 11.6 Å². The van der Waals surface area contributed by atoms with Crippen LogP contribution < -0.4 is 5.73 Å². The number of hydrogen-bond donors (Lipinski definition) is 1. The molecule has 0 aliphatic rings. The second-order valence-corrected chi connectivity index (χ2v) is 4.80. The van der Waals surface area contributed by atoms with Crippen LogP contribution in [0.15, 0.2) is 52.9 Å². The minimum absolute atomic E-state index is 0.295. The molecule has 0 spiro atoms. The summed E-state index contributed by atoms with van der Waals surface area (Å²) in [6.07, 6.45) is 0. The standard InChI is InChI=1S/C15H11ClFNO/c16-11-3-1-2-9(6-11)15(18)14-8-10-7-12(17)4-5-13(10)19-14/h1-8,15H,18H2. The Balaban J connectivity index is 2.04. The predicted molar refractivity (Wildman–Crippen MR) is 73.7 cm³/mol. The van der Waals surface area contributed by atoms with Gasteiger partial charge in [0.1, 0.15) is 17.2 Å². The number of rotatable bonds is 2. The predicted octanol–water partition coefficient (Wildman–Crippen LogP) is 4.27. The Morgan fingerprint density at radius 3 is 2.74 bits per heavy atom. The largest absolute Gasteiger partial charge is 0.459 e. The molecule has 3 rings (SSSR count). The zero-order valence-corrected chi connectivity index (χ0v) is 10.7. The van der Waals surface area contributed by atoms with E-state index in [1.807, 2.05) is 12.1 Å². The molecule has 0 amide bonds. The molecule has 0 radical (unpaired) electrons. The van der Waals surface area contributed by atoms with E-state index in [-0.39, 0.29) is 5.82 Å². The summed E-state index contributed by atoms with van der Waals surface area (Å²) in [6.45, 7) is 0. The SMILES string of the molecule is NC(c1cccc(Cl)c1)c1cc2cc(F)ccc2o1. The monoisotopic (exact) mass is 275 g/mol. The Morgan fingerprint density at radius 2 is 1.95 bits per heavy atom. The van der Waals surface area contributed by atoms with Crippen molar-refractivity contribution in [2.75, 3.05) is 0 Å². The van der Waals surface area contributed by atoms with Gasteiger partial charge in [-0.05, 0) is 42.0 Å². The van der Waals surface area contributed by atoms with Crippen molar-refractivity contribution in [3.05, 3.63) is 70.7 Å². The quantitative estimate of drug-likeness (QED) is 0.758. The summed E-state index contributed by atoms with van der Waals surface area (Å²) < 4.78 is 18.8. The number of nitrogens with two attached hydrogens (primary N) is 1. The van der Waals surface area contributed by atoms with Crippen LogP contribution in [0.25, 0.3) is 11.0 Å². The first-order chi connectivity index (χ1) is 9.13. The lowest BCUT2D eigenvalue weighted by atomic mass is 10.1. The maximum absolute atomic E-state index is 13.1. The van der Waals surface area contributed by atoms with E-state index in [2.05, 4.69) is 0 Å². The van der Waals surface area contributed by atoms with E-state index in [1.54, 1.807) is 24.3 Å². The van der Waals surface area contributed by atoms with Gasteiger partial charge in [0.2, 0.25) is 0 Å². The minimum atomic E-state index is -0.422. The molecule has 0 aliphatic heterocycles. The van der Waals surface area contributed by atoms with E-state index in [1.165, 1.54) is 12.1 Å². The second kappa shape index (κ2) is 4.68. The van der Waals surface area contributed by atoms with Crippen molar-refractivity contribution >= 4 is 22.6 Å². The summed E-state index contributed by atoms with van der Waals surface area (Å²) in [5, 5.41) is 1.32. The first-order valence-corrected chi connectivity index (χ1v) is 6.21. The summed E-state index contributed by atoms with van der Waals surface area (Å²) >= 11 is 5.94. The van der Waals surface area contributed by atoms with Crippen molar-refractivity contribution < 1.29 is 8.81 Å². The van der Waals surface area contributed by atoms with Crippen LogP contribution in [0.1, 0.15) is 17.4 Å². The van der Waals surface area contributed by atoms with E-state index in [0.29, 0.717) is 21.8 Å². The molecule has 2 aromatic carbocycles. The van der Waals surface area contributed by atoms with Gasteiger partial charge in [0.05, 0.1) is 6.04 Å². The fourth-order valence-electron chi connectivity index (χ4n) is 2.05. The van der Waals surface area contributed by atoms with Crippen LogP contribution in [-0.2, 0) is 0 Å². The molecule has 4 heteroatoms. The Labute approximate surface area is 114 Å². The van der Waals surface area contributed by atoms with Gasteiger partial charge in [0.15, 0.2) is 0 Å². The molecular formula is C15H11ClFNO. The molecule has 1 atom stereocenters. The van der Waals surface area contributed by atoms with Crippen molar-refractivity contribution in [1.29, 1.82) is 0 Å². The topological polar surface area (TPSA) is 39.2 Å². The molecule has 96 valence electrons. The lowest BCUT2D eigenvalue weighted by Crippen LogP contribution is -2.10. The molecule has 0 saturated heterocycles. The second-order valence-electron chi connectivity index (χ2n) is 4.36. The van der Waals surface area contributed by atoms with E-state index >= 15 is 0 Å². The van der Waals surface area contributed by atoms with Gasteiger partial charge in [0, 0.05) is 10.4 Å². The zero-order valence-electron chi connectivity index (χ0n) is 9.94. The Morgan fingerprint density at radius 1 is 1.11 bits per heavy atom. The van der Waals surface area contributed by atoms with Gasteiger partial charge in [-0.25, -0.2) is 4.39 Å². The van der Waals surface area contributed by atoms with E-state index in [4.69, 9.17) is 21.8 Å². The molecule has 19 heavy (non-hydrogen) atoms. The van der Waals surface area contributed by atoms with E-state index < -0.39 is 6.04 Å². The number of furan rings is 1. The molecular weight excluding hydrogens is 265 g/mol. The molecule has 0 aliphatic carbocycles. The van der Waals surface area contributed by atoms with Crippen molar-refractivity contribution in [2.45, 2.75) is 6.04 Å². The molecule has 0 saturated carbocycles. The first-order valence-electron chi connectivity index (χ1n) is 5.83. The highest BCUT2D eigenvalue weighted by atomic mass is 35.5. The summed E-state index contributed by atoms with van der Waals surface area (Å²) in [7, 11) is 0. The highest BCUT2D eigenvalue weighted by Crippen LogP contribution is 2.28. The summed E-state index contributed by atoms with van der Waals surface area (Å²) in [4.78, 5) is 0. The van der Waals surface area contributed by atoms with Crippen LogP contribution in [0.4, 0.5) is 4.39 Å². The van der Waals surface area contributed by atoms with Gasteiger partial charge in [-0.1, -0.05) is 23.7 Å². The van der Waals surface area contributed by atoms with Crippen molar-refractivity contribution in [1.82, 2.24) is 0 Å². The van der Waals surface area contributed by atoms with E-state index in [9.17, 15) is 4.39 Å². The molecule has 2 N–H and O–H groups in total. The number of benzene rings is 2. The van der Waals surface area contributed by atoms with Crippen LogP contribution in [0.2, 0.25) is 5.02 Å². The average Bonchev–Trinajstić information content (AvgIpc) is 2.80. The lowest BCUT2D eigenvalue weighted by Gasteiger charge is -2.08. The van der Waals surface area contributed by atoms with Crippen molar-refractivity contribution in [2.24, 2.45) is 5.73 Å². The van der Waals surface area contributed by atoms with Gasteiger partial charge in [-0.3, -0.25) is 0 Å². The number of fused-ring (bicyclic) bond motifs is 1. The van der Waals surface area contributed by atoms with Gasteiger partial charge in [-0.15, -0.1) is 0 Å². The molecule has 1 unspecified atom stereocenters. The maximum Gasteiger partial charge on any atom is 0.134 e. The van der Waals surface area contributed by atoms with Gasteiger partial charge < -0.3 is 10.2 Å². The van der Waals surface area contributed by atoms with Gasteiger partial charge in [0.25, 0.3) is 0 Å². The van der Waals surface area contributed by atoms with Crippen LogP contribution in [-0.4, -0.2) is 0 Å². The van der Waals surface area contributed by atoms with Gasteiger partial charge in [-0.2, -0.15) is 0 Å². The average molecular weight is 276 g/mol. The number of halogens is 2. The first kappa shape index (κ1) is 12.2. The van der Waals surface area contributed by atoms with E-state index in [0.717, 1.165) is 5.56 Å². The minimum Gasteiger partial charge on any atom is -0.459 e. The fraction of sp³-hybridized carbons (Fsp3) is 0.0667. The van der Waals surface area contributed by atoms with Crippen molar-refractivity contribution in [3.63, 3.8) is 0 Å². The molecule has 1 aromatic heterocycles. The summed E-state index contributed by atoms with van der Waals surface area (Å²) in [5.74, 6) is 0.291. The molecule has 1 heterocycles. The Hall–Kier alpha value is -1.84. The van der Waals surface area contributed by atoms with Crippen molar-refractivity contribution in [3.8, 4) is 0 Å². The molecule has 0 bridgehead atoms. The molecule has 0 fully saturated rings. The normalized spacial score (nSPS) is 12.8. The third-order valence-electron chi connectivity index (χ3n) is 3.01. The molecule has 2 nitrogen and oxygen atoms in total. The number of hydrogen-bond acceptors (Lipinski definition) is 2.